The largest absolute Gasteiger partial charge is 0.387 e. The summed E-state index contributed by atoms with van der Waals surface area (Å²) in [5.41, 5.74) is 3.46. The van der Waals surface area contributed by atoms with Gasteiger partial charge in [0.25, 0.3) is 0 Å². The molecule has 0 radical (unpaired) electrons. The lowest BCUT2D eigenvalue weighted by molar-refractivity contribution is 0.160. The zero-order valence-electron chi connectivity index (χ0n) is 9.51. The molecule has 1 aliphatic heterocycles. The summed E-state index contributed by atoms with van der Waals surface area (Å²) < 4.78 is 0. The quantitative estimate of drug-likeness (QED) is 0.781. The average Bonchev–Trinajstić information content (AvgIpc) is 2.41. The van der Waals surface area contributed by atoms with E-state index in [0.29, 0.717) is 6.54 Å². The molecule has 0 saturated carbocycles. The molecule has 0 fully saturated rings. The molecule has 2 nitrogen and oxygen atoms in total. The molecule has 1 aliphatic rings. The first-order valence-electron chi connectivity index (χ1n) is 5.91. The van der Waals surface area contributed by atoms with Crippen molar-refractivity contribution in [2.75, 3.05) is 6.54 Å². The fraction of sp³-hybridized carbons (Fsp3) is 0.200. The maximum Gasteiger partial charge on any atom is 0.0918 e. The minimum atomic E-state index is -0.397. The lowest BCUT2D eigenvalue weighted by atomic mass is 9.89. The third-order valence-electron chi connectivity index (χ3n) is 3.31. The summed E-state index contributed by atoms with van der Waals surface area (Å²) in [6.07, 6.45) is -0.397. The Morgan fingerprint density at radius 1 is 0.882 bits per heavy atom. The number of nitrogens with one attached hydrogen (secondary N) is 1. The first kappa shape index (κ1) is 10.5. The molecule has 86 valence electrons. The Morgan fingerprint density at radius 2 is 1.53 bits per heavy atom. The zero-order valence-corrected chi connectivity index (χ0v) is 9.51. The first-order chi connectivity index (χ1) is 8.36. The van der Waals surface area contributed by atoms with Crippen LogP contribution in [0.1, 0.15) is 28.8 Å². The summed E-state index contributed by atoms with van der Waals surface area (Å²) in [5, 5.41) is 13.4. The van der Waals surface area contributed by atoms with Gasteiger partial charge in [-0.25, -0.2) is 0 Å². The van der Waals surface area contributed by atoms with Gasteiger partial charge in [0.05, 0.1) is 12.1 Å². The van der Waals surface area contributed by atoms with Crippen LogP contribution in [0, 0.1) is 0 Å². The van der Waals surface area contributed by atoms with E-state index < -0.39 is 6.10 Å². The summed E-state index contributed by atoms with van der Waals surface area (Å²) in [5.74, 6) is 0. The molecule has 0 aromatic heterocycles. The third kappa shape index (κ3) is 1.86. The summed E-state index contributed by atoms with van der Waals surface area (Å²) in [4.78, 5) is 0. The Morgan fingerprint density at radius 3 is 2.29 bits per heavy atom. The van der Waals surface area contributed by atoms with E-state index in [1.54, 1.807) is 0 Å². The minimum Gasteiger partial charge on any atom is -0.387 e. The molecule has 2 aromatic rings. The van der Waals surface area contributed by atoms with Crippen molar-refractivity contribution in [2.45, 2.75) is 12.1 Å². The van der Waals surface area contributed by atoms with Crippen LogP contribution in [0.25, 0.3) is 0 Å². The standard InChI is InChI=1S/C15H15NO/c17-14-10-16-15(11-6-2-1-3-7-11)13-9-5-4-8-12(13)14/h1-9,14-17H,10H2. The number of benzene rings is 2. The van der Waals surface area contributed by atoms with E-state index in [-0.39, 0.29) is 6.04 Å². The molecule has 3 rings (SSSR count). The smallest absolute Gasteiger partial charge is 0.0918 e. The number of aliphatic hydroxyl groups excluding tert-OH is 1. The summed E-state index contributed by atoms with van der Waals surface area (Å²) in [6.45, 7) is 0.608. The highest BCUT2D eigenvalue weighted by molar-refractivity contribution is 5.40. The van der Waals surface area contributed by atoms with E-state index in [4.69, 9.17) is 0 Å². The molecule has 2 aromatic carbocycles. The van der Waals surface area contributed by atoms with Crippen LogP contribution in [0.3, 0.4) is 0 Å². The van der Waals surface area contributed by atoms with Crippen molar-refractivity contribution < 1.29 is 5.11 Å². The van der Waals surface area contributed by atoms with Crippen molar-refractivity contribution in [3.05, 3.63) is 71.3 Å². The van der Waals surface area contributed by atoms with Gasteiger partial charge in [-0.05, 0) is 16.7 Å². The fourth-order valence-corrected chi connectivity index (χ4v) is 2.47. The minimum absolute atomic E-state index is 0.191. The first-order valence-corrected chi connectivity index (χ1v) is 5.91. The molecule has 2 N–H and O–H groups in total. The van der Waals surface area contributed by atoms with Gasteiger partial charge < -0.3 is 10.4 Å². The van der Waals surface area contributed by atoms with E-state index in [9.17, 15) is 5.11 Å². The second kappa shape index (κ2) is 4.32. The Bertz CT molecular complexity index is 509. The van der Waals surface area contributed by atoms with Crippen LogP contribution in [0.5, 0.6) is 0 Å². The molecule has 17 heavy (non-hydrogen) atoms. The van der Waals surface area contributed by atoms with E-state index in [0.717, 1.165) is 5.56 Å². The Kier molecular flexibility index (Phi) is 2.67. The molecule has 0 bridgehead atoms. The lowest BCUT2D eigenvalue weighted by Crippen LogP contribution is -2.33. The normalized spacial score (nSPS) is 23.1. The van der Waals surface area contributed by atoms with E-state index in [1.807, 2.05) is 36.4 Å². The van der Waals surface area contributed by atoms with Gasteiger partial charge in [0, 0.05) is 6.54 Å². The highest BCUT2D eigenvalue weighted by atomic mass is 16.3. The zero-order chi connectivity index (χ0) is 11.7. The Hall–Kier alpha value is -1.64. The number of β-amino-alcohol motifs (C(OH)–C–C–N with tert-alkyl or cyclic N) is 1. The van der Waals surface area contributed by atoms with Crippen LogP contribution in [0.15, 0.2) is 54.6 Å². The van der Waals surface area contributed by atoms with Crippen LogP contribution in [0.2, 0.25) is 0 Å². The highest BCUT2D eigenvalue weighted by Crippen LogP contribution is 2.32. The maximum atomic E-state index is 9.96. The molecule has 0 saturated heterocycles. The summed E-state index contributed by atoms with van der Waals surface area (Å²) in [7, 11) is 0. The van der Waals surface area contributed by atoms with Crippen LogP contribution < -0.4 is 5.32 Å². The van der Waals surface area contributed by atoms with Crippen molar-refractivity contribution in [3.8, 4) is 0 Å². The topological polar surface area (TPSA) is 32.3 Å². The molecule has 0 spiro atoms. The van der Waals surface area contributed by atoms with Gasteiger partial charge in [0.15, 0.2) is 0 Å². The van der Waals surface area contributed by atoms with E-state index >= 15 is 0 Å². The van der Waals surface area contributed by atoms with Crippen molar-refractivity contribution >= 4 is 0 Å². The number of hydrogen-bond donors (Lipinski definition) is 2. The maximum absolute atomic E-state index is 9.96. The van der Waals surface area contributed by atoms with Crippen molar-refractivity contribution in [2.24, 2.45) is 0 Å². The van der Waals surface area contributed by atoms with Gasteiger partial charge >= 0.3 is 0 Å². The second-order valence-corrected chi connectivity index (χ2v) is 4.40. The van der Waals surface area contributed by atoms with Gasteiger partial charge in [-0.2, -0.15) is 0 Å². The van der Waals surface area contributed by atoms with Gasteiger partial charge in [0.1, 0.15) is 0 Å². The molecule has 2 atom stereocenters. The number of rotatable bonds is 1. The van der Waals surface area contributed by atoms with Crippen molar-refractivity contribution in [3.63, 3.8) is 0 Å². The lowest BCUT2D eigenvalue weighted by Gasteiger charge is -2.30. The molecular weight excluding hydrogens is 210 g/mol. The predicted molar refractivity (Wildman–Crippen MR) is 67.7 cm³/mol. The Balaban J connectivity index is 2.07. The monoisotopic (exact) mass is 225 g/mol. The van der Waals surface area contributed by atoms with E-state index in [1.165, 1.54) is 11.1 Å². The molecular formula is C15H15NO. The number of hydrogen-bond acceptors (Lipinski definition) is 2. The van der Waals surface area contributed by atoms with Crippen LogP contribution >= 0.6 is 0 Å². The third-order valence-corrected chi connectivity index (χ3v) is 3.31. The number of fused-ring (bicyclic) bond motifs is 1. The van der Waals surface area contributed by atoms with Gasteiger partial charge in [-0.1, -0.05) is 54.6 Å². The van der Waals surface area contributed by atoms with Gasteiger partial charge in [-0.3, -0.25) is 0 Å². The number of aliphatic hydroxyl groups is 1. The van der Waals surface area contributed by atoms with Gasteiger partial charge in [-0.15, -0.1) is 0 Å². The molecule has 1 heterocycles. The van der Waals surface area contributed by atoms with E-state index in [2.05, 4.69) is 23.5 Å². The average molecular weight is 225 g/mol. The molecule has 2 heteroatoms. The van der Waals surface area contributed by atoms with Crippen molar-refractivity contribution in [1.82, 2.24) is 5.32 Å². The molecule has 2 unspecified atom stereocenters. The molecule has 0 aliphatic carbocycles. The summed E-state index contributed by atoms with van der Waals surface area (Å²) in [6, 6.07) is 18.6. The van der Waals surface area contributed by atoms with Gasteiger partial charge in [0.2, 0.25) is 0 Å². The fourth-order valence-electron chi connectivity index (χ4n) is 2.47. The predicted octanol–water partition coefficient (Wildman–Crippen LogP) is 2.41. The van der Waals surface area contributed by atoms with Crippen LogP contribution in [-0.2, 0) is 0 Å². The van der Waals surface area contributed by atoms with Crippen molar-refractivity contribution in [1.29, 1.82) is 0 Å². The van der Waals surface area contributed by atoms with Crippen LogP contribution in [-0.4, -0.2) is 11.7 Å². The highest BCUT2D eigenvalue weighted by Gasteiger charge is 2.25. The summed E-state index contributed by atoms with van der Waals surface area (Å²) >= 11 is 0. The Labute approximate surface area is 101 Å². The second-order valence-electron chi connectivity index (χ2n) is 4.40. The van der Waals surface area contributed by atoms with Crippen LogP contribution in [0.4, 0.5) is 0 Å². The SMILES string of the molecule is OC1CNC(c2ccccc2)c2ccccc21. The molecule has 0 amide bonds.